The van der Waals surface area contributed by atoms with Crippen molar-refractivity contribution in [1.82, 2.24) is 4.90 Å². The number of ether oxygens (including phenoxy) is 1. The first-order valence-electron chi connectivity index (χ1n) is 11.5. The first-order valence-corrected chi connectivity index (χ1v) is 13.3. The van der Waals surface area contributed by atoms with Gasteiger partial charge in [0.1, 0.15) is 17.1 Å². The molecule has 0 N–H and O–H groups in total. The second-order valence-electron chi connectivity index (χ2n) is 8.79. The van der Waals surface area contributed by atoms with Crippen molar-refractivity contribution < 1.29 is 22.4 Å². The minimum absolute atomic E-state index is 0.00671. The number of rotatable bonds is 7. The van der Waals surface area contributed by atoms with E-state index in [-0.39, 0.29) is 41.5 Å². The first-order chi connectivity index (χ1) is 16.2. The van der Waals surface area contributed by atoms with Crippen LogP contribution in [0.3, 0.4) is 0 Å². The van der Waals surface area contributed by atoms with E-state index >= 15 is 0 Å². The zero-order valence-corrected chi connectivity index (χ0v) is 20.4. The smallest absolute Gasteiger partial charge is 0.261 e. The van der Waals surface area contributed by atoms with Crippen molar-refractivity contribution in [1.29, 1.82) is 0 Å². The Kier molecular flexibility index (Phi) is 6.79. The highest BCUT2D eigenvalue weighted by Crippen LogP contribution is 2.27. The third-order valence-electron chi connectivity index (χ3n) is 6.42. The maximum absolute atomic E-state index is 13.1. The topological polar surface area (TPSA) is 93.9 Å². The monoisotopic (exact) mass is 483 g/mol. The van der Waals surface area contributed by atoms with Gasteiger partial charge in [0.15, 0.2) is 16.4 Å². The van der Waals surface area contributed by atoms with Gasteiger partial charge in [-0.1, -0.05) is 37.3 Å². The molecule has 0 saturated carbocycles. The van der Waals surface area contributed by atoms with E-state index in [2.05, 4.69) is 0 Å². The number of benzene rings is 2. The van der Waals surface area contributed by atoms with Gasteiger partial charge in [0, 0.05) is 18.2 Å². The fourth-order valence-electron chi connectivity index (χ4n) is 4.53. The van der Waals surface area contributed by atoms with Crippen LogP contribution in [0.2, 0.25) is 0 Å². The van der Waals surface area contributed by atoms with Crippen LogP contribution in [-0.2, 0) is 14.6 Å². The van der Waals surface area contributed by atoms with Gasteiger partial charge in [-0.25, -0.2) is 8.42 Å². The van der Waals surface area contributed by atoms with Gasteiger partial charge in [-0.05, 0) is 44.4 Å². The summed E-state index contributed by atoms with van der Waals surface area (Å²) in [7, 11) is -3.12. The van der Waals surface area contributed by atoms with Gasteiger partial charge in [0.05, 0.1) is 22.5 Å². The van der Waals surface area contributed by atoms with Crippen LogP contribution in [0, 0.1) is 6.92 Å². The molecular weight excluding hydrogens is 454 g/mol. The predicted molar refractivity (Wildman–Crippen MR) is 132 cm³/mol. The number of fused-ring (bicyclic) bond motifs is 1. The number of nitrogens with zero attached hydrogens (tertiary/aromatic N) is 1. The van der Waals surface area contributed by atoms with E-state index in [1.165, 1.54) is 0 Å². The molecule has 0 bridgehead atoms. The highest BCUT2D eigenvalue weighted by Gasteiger charge is 2.36. The van der Waals surface area contributed by atoms with Crippen LogP contribution in [-0.4, -0.2) is 49.4 Å². The van der Waals surface area contributed by atoms with Gasteiger partial charge in [0.2, 0.25) is 5.43 Å². The van der Waals surface area contributed by atoms with E-state index in [4.69, 9.17) is 9.15 Å². The first kappa shape index (κ1) is 24.0. The fraction of sp³-hybridized carbons (Fsp3) is 0.385. The molecule has 1 saturated heterocycles. The number of amides is 1. The summed E-state index contributed by atoms with van der Waals surface area (Å²) in [5, 5.41) is 0.431. The Labute approximate surface area is 199 Å². The number of hydrogen-bond acceptors (Lipinski definition) is 6. The van der Waals surface area contributed by atoms with Crippen molar-refractivity contribution in [2.75, 3.05) is 18.1 Å². The number of sulfone groups is 1. The molecule has 0 aliphatic carbocycles. The Morgan fingerprint density at radius 1 is 1.21 bits per heavy atom. The summed E-state index contributed by atoms with van der Waals surface area (Å²) in [4.78, 5) is 27.8. The van der Waals surface area contributed by atoms with E-state index in [0.29, 0.717) is 40.9 Å². The number of aryl methyl sites for hydroxylation is 1. The number of hydrogen-bond donors (Lipinski definition) is 0. The standard InChI is InChI=1S/C26H29NO6S/c1-4-17(2)27(20-12-13-34(30,31)16-20)24(28)15-32-21-10-11-22-23(14-21)33-18(3)25(26(22)29)19-8-6-5-7-9-19/h5-11,14,17,20H,4,12-13,15-16H2,1-3H3. The van der Waals surface area contributed by atoms with Gasteiger partial charge in [0.25, 0.3) is 5.91 Å². The Morgan fingerprint density at radius 3 is 2.59 bits per heavy atom. The van der Waals surface area contributed by atoms with E-state index < -0.39 is 9.84 Å². The van der Waals surface area contributed by atoms with Gasteiger partial charge in [-0.3, -0.25) is 9.59 Å². The van der Waals surface area contributed by atoms with Crippen LogP contribution in [0.25, 0.3) is 22.1 Å². The molecular formula is C26H29NO6S. The summed E-state index contributed by atoms with van der Waals surface area (Å²) in [6.45, 7) is 5.41. The van der Waals surface area contributed by atoms with Crippen LogP contribution in [0.5, 0.6) is 5.75 Å². The van der Waals surface area contributed by atoms with Crippen molar-refractivity contribution in [2.24, 2.45) is 0 Å². The van der Waals surface area contributed by atoms with Crippen molar-refractivity contribution in [2.45, 2.75) is 45.7 Å². The third-order valence-corrected chi connectivity index (χ3v) is 8.17. The van der Waals surface area contributed by atoms with E-state index in [1.54, 1.807) is 30.0 Å². The summed E-state index contributed by atoms with van der Waals surface area (Å²) in [6.07, 6.45) is 1.16. The summed E-state index contributed by atoms with van der Waals surface area (Å²) < 4.78 is 35.6. The molecule has 1 fully saturated rings. The molecule has 1 amide bonds. The van der Waals surface area contributed by atoms with Crippen molar-refractivity contribution in [3.8, 4) is 16.9 Å². The van der Waals surface area contributed by atoms with E-state index in [0.717, 1.165) is 5.56 Å². The molecule has 8 heteroatoms. The molecule has 3 aromatic rings. The predicted octanol–water partition coefficient (Wildman–Crippen LogP) is 3.96. The molecule has 4 rings (SSSR count). The highest BCUT2D eigenvalue weighted by atomic mass is 32.2. The molecule has 180 valence electrons. The SMILES string of the molecule is CCC(C)N(C(=O)COc1ccc2c(=O)c(-c3ccccc3)c(C)oc2c1)C1CCS(=O)(=O)C1. The second kappa shape index (κ2) is 9.62. The zero-order chi connectivity index (χ0) is 24.5. The zero-order valence-electron chi connectivity index (χ0n) is 19.6. The Balaban J connectivity index is 1.55. The van der Waals surface area contributed by atoms with Crippen molar-refractivity contribution >= 4 is 26.7 Å². The van der Waals surface area contributed by atoms with Crippen LogP contribution in [0.15, 0.2) is 57.7 Å². The molecule has 1 aromatic heterocycles. The average Bonchev–Trinajstić information content (AvgIpc) is 3.17. The maximum Gasteiger partial charge on any atom is 0.261 e. The Morgan fingerprint density at radius 2 is 1.94 bits per heavy atom. The molecule has 7 nitrogen and oxygen atoms in total. The normalized spacial score (nSPS) is 18.0. The van der Waals surface area contributed by atoms with Gasteiger partial charge >= 0.3 is 0 Å². The lowest BCUT2D eigenvalue weighted by Crippen LogP contribution is -2.48. The summed E-state index contributed by atoms with van der Waals surface area (Å²) in [5.74, 6) is 0.745. The van der Waals surface area contributed by atoms with E-state index in [9.17, 15) is 18.0 Å². The van der Waals surface area contributed by atoms with Crippen LogP contribution in [0.1, 0.15) is 32.4 Å². The lowest BCUT2D eigenvalue weighted by Gasteiger charge is -2.33. The molecule has 0 radical (unpaired) electrons. The number of carbonyl (C=O) groups excluding carboxylic acids is 1. The molecule has 0 spiro atoms. The molecule has 2 aromatic carbocycles. The van der Waals surface area contributed by atoms with E-state index in [1.807, 2.05) is 44.2 Å². The van der Waals surface area contributed by atoms with Crippen molar-refractivity contribution in [3.63, 3.8) is 0 Å². The number of carbonyl (C=O) groups is 1. The fourth-order valence-corrected chi connectivity index (χ4v) is 6.25. The lowest BCUT2D eigenvalue weighted by atomic mass is 10.0. The minimum Gasteiger partial charge on any atom is -0.484 e. The van der Waals surface area contributed by atoms with Crippen molar-refractivity contribution in [3.05, 3.63) is 64.5 Å². The second-order valence-corrected chi connectivity index (χ2v) is 11.0. The minimum atomic E-state index is -3.12. The van der Waals surface area contributed by atoms with Crippen LogP contribution in [0.4, 0.5) is 0 Å². The van der Waals surface area contributed by atoms with Crippen LogP contribution < -0.4 is 10.2 Å². The van der Waals surface area contributed by atoms with Gasteiger partial charge in [-0.15, -0.1) is 0 Å². The summed E-state index contributed by atoms with van der Waals surface area (Å²) in [6, 6.07) is 13.8. The molecule has 1 aliphatic rings. The summed E-state index contributed by atoms with van der Waals surface area (Å²) >= 11 is 0. The largest absolute Gasteiger partial charge is 0.484 e. The third kappa shape index (κ3) is 4.87. The molecule has 34 heavy (non-hydrogen) atoms. The van der Waals surface area contributed by atoms with Gasteiger partial charge in [-0.2, -0.15) is 0 Å². The highest BCUT2D eigenvalue weighted by molar-refractivity contribution is 7.91. The lowest BCUT2D eigenvalue weighted by molar-refractivity contribution is -0.137. The quantitative estimate of drug-likeness (QED) is 0.505. The Hall–Kier alpha value is -3.13. The average molecular weight is 484 g/mol. The Bertz CT molecular complexity index is 1360. The molecule has 2 heterocycles. The van der Waals surface area contributed by atoms with Crippen LogP contribution >= 0.6 is 0 Å². The molecule has 2 unspecified atom stereocenters. The maximum atomic E-state index is 13.1. The molecule has 1 aliphatic heterocycles. The van der Waals surface area contributed by atoms with Gasteiger partial charge < -0.3 is 14.1 Å². The summed E-state index contributed by atoms with van der Waals surface area (Å²) in [5.41, 5.74) is 1.57. The molecule has 2 atom stereocenters.